The molecule has 0 aliphatic carbocycles. The number of methoxy groups -OCH3 is 1. The van der Waals surface area contributed by atoms with Crippen molar-refractivity contribution < 1.29 is 9.53 Å². The number of nitrogens with one attached hydrogen (secondary N) is 1. The van der Waals surface area contributed by atoms with Gasteiger partial charge in [0, 0.05) is 37.5 Å². The number of H-pyrrole nitrogens is 1. The van der Waals surface area contributed by atoms with E-state index < -0.39 is 0 Å². The first-order chi connectivity index (χ1) is 9.69. The highest BCUT2D eigenvalue weighted by atomic mass is 16.5. The Morgan fingerprint density at radius 1 is 1.40 bits per heavy atom. The fourth-order valence-electron chi connectivity index (χ4n) is 2.89. The summed E-state index contributed by atoms with van der Waals surface area (Å²) in [5.74, 6) is 0.602. The molecule has 1 aromatic heterocycles. The summed E-state index contributed by atoms with van der Waals surface area (Å²) in [6, 6.07) is 7.82. The van der Waals surface area contributed by atoms with Crippen molar-refractivity contribution >= 4 is 16.8 Å². The van der Waals surface area contributed by atoms with E-state index in [1.165, 1.54) is 0 Å². The summed E-state index contributed by atoms with van der Waals surface area (Å²) >= 11 is 0. The van der Waals surface area contributed by atoms with Crippen molar-refractivity contribution in [3.05, 3.63) is 36.0 Å². The van der Waals surface area contributed by atoms with Crippen LogP contribution in [0.25, 0.3) is 10.9 Å². The minimum absolute atomic E-state index is 0.0930. The number of benzene rings is 1. The summed E-state index contributed by atoms with van der Waals surface area (Å²) in [4.78, 5) is 17.6. The lowest BCUT2D eigenvalue weighted by atomic mass is 9.95. The van der Waals surface area contributed by atoms with Crippen LogP contribution in [0.15, 0.2) is 30.5 Å². The number of likely N-dealkylation sites (tertiary alicyclic amines) is 1. The van der Waals surface area contributed by atoms with Crippen molar-refractivity contribution in [2.75, 3.05) is 20.2 Å². The fourth-order valence-corrected chi connectivity index (χ4v) is 2.89. The molecule has 2 atom stereocenters. The zero-order valence-corrected chi connectivity index (χ0v) is 11.9. The highest BCUT2D eigenvalue weighted by Crippen LogP contribution is 2.22. The van der Waals surface area contributed by atoms with Gasteiger partial charge < -0.3 is 14.6 Å². The van der Waals surface area contributed by atoms with Crippen LogP contribution in [0.2, 0.25) is 0 Å². The summed E-state index contributed by atoms with van der Waals surface area (Å²) in [6.07, 6.45) is 3.03. The molecule has 20 heavy (non-hydrogen) atoms. The average Bonchev–Trinajstić information content (AvgIpc) is 2.94. The highest BCUT2D eigenvalue weighted by molar-refractivity contribution is 5.98. The molecule has 1 N–H and O–H groups in total. The van der Waals surface area contributed by atoms with Crippen LogP contribution in [0.4, 0.5) is 0 Å². The van der Waals surface area contributed by atoms with Gasteiger partial charge in [-0.15, -0.1) is 0 Å². The Morgan fingerprint density at radius 2 is 2.25 bits per heavy atom. The van der Waals surface area contributed by atoms with Crippen LogP contribution in [0.3, 0.4) is 0 Å². The monoisotopic (exact) mass is 272 g/mol. The van der Waals surface area contributed by atoms with Crippen LogP contribution in [-0.2, 0) is 4.74 Å². The molecule has 4 heteroatoms. The standard InChI is InChI=1S/C16H20N2O2/c1-11-6-8-18(10-15(11)20-2)16(19)13-4-3-12-5-7-17-14(12)9-13/h3-5,7,9,11,15,17H,6,8,10H2,1-2H3. The van der Waals surface area contributed by atoms with Gasteiger partial charge in [0.2, 0.25) is 0 Å². The fraction of sp³-hybridized carbons (Fsp3) is 0.438. The second-order valence-corrected chi connectivity index (χ2v) is 5.57. The molecule has 1 aliphatic heterocycles. The molecule has 0 radical (unpaired) electrons. The lowest BCUT2D eigenvalue weighted by molar-refractivity contribution is -0.00155. The Balaban J connectivity index is 1.81. The Labute approximate surface area is 118 Å². The van der Waals surface area contributed by atoms with Crippen LogP contribution < -0.4 is 0 Å². The number of piperidine rings is 1. The predicted octanol–water partition coefficient (Wildman–Crippen LogP) is 2.66. The Hall–Kier alpha value is -1.81. The molecule has 1 amide bonds. The van der Waals surface area contributed by atoms with Crippen molar-refractivity contribution in [2.45, 2.75) is 19.4 Å². The normalized spacial score (nSPS) is 23.2. The molecule has 2 heterocycles. The number of carbonyl (C=O) groups is 1. The topological polar surface area (TPSA) is 45.3 Å². The van der Waals surface area contributed by atoms with Crippen LogP contribution >= 0.6 is 0 Å². The van der Waals surface area contributed by atoms with Crippen LogP contribution in [-0.4, -0.2) is 42.1 Å². The molecule has 0 spiro atoms. The van der Waals surface area contributed by atoms with Crippen molar-refractivity contribution in [2.24, 2.45) is 5.92 Å². The maximum atomic E-state index is 12.6. The van der Waals surface area contributed by atoms with Gasteiger partial charge in [-0.3, -0.25) is 4.79 Å². The molecule has 3 rings (SSSR count). The first-order valence-electron chi connectivity index (χ1n) is 7.08. The summed E-state index contributed by atoms with van der Waals surface area (Å²) in [5, 5.41) is 1.13. The number of carbonyl (C=O) groups excluding carboxylic acids is 1. The molecule has 2 unspecified atom stereocenters. The van der Waals surface area contributed by atoms with Gasteiger partial charge in [-0.2, -0.15) is 0 Å². The third kappa shape index (κ3) is 2.31. The largest absolute Gasteiger partial charge is 0.379 e. The van der Waals surface area contributed by atoms with E-state index in [1.54, 1.807) is 7.11 Å². The number of hydrogen-bond acceptors (Lipinski definition) is 2. The minimum atomic E-state index is 0.0930. The smallest absolute Gasteiger partial charge is 0.254 e. The summed E-state index contributed by atoms with van der Waals surface area (Å²) < 4.78 is 5.48. The third-order valence-corrected chi connectivity index (χ3v) is 4.28. The van der Waals surface area contributed by atoms with E-state index in [-0.39, 0.29) is 12.0 Å². The van der Waals surface area contributed by atoms with Crippen molar-refractivity contribution in [1.82, 2.24) is 9.88 Å². The van der Waals surface area contributed by atoms with E-state index in [0.29, 0.717) is 12.5 Å². The summed E-state index contributed by atoms with van der Waals surface area (Å²) in [7, 11) is 1.72. The Kier molecular flexibility index (Phi) is 3.49. The highest BCUT2D eigenvalue weighted by Gasteiger charge is 2.29. The zero-order chi connectivity index (χ0) is 14.1. The molecule has 4 nitrogen and oxygen atoms in total. The number of aromatic amines is 1. The number of fused-ring (bicyclic) bond motifs is 1. The van der Waals surface area contributed by atoms with E-state index in [1.807, 2.05) is 35.4 Å². The van der Waals surface area contributed by atoms with Gasteiger partial charge in [0.05, 0.1) is 6.10 Å². The lowest BCUT2D eigenvalue weighted by Crippen LogP contribution is -2.46. The van der Waals surface area contributed by atoms with Gasteiger partial charge in [-0.05, 0) is 35.9 Å². The SMILES string of the molecule is COC1CN(C(=O)c2ccc3cc[nH]c3c2)CCC1C. The average molecular weight is 272 g/mol. The van der Waals surface area contributed by atoms with Crippen LogP contribution in [0.5, 0.6) is 0 Å². The lowest BCUT2D eigenvalue weighted by Gasteiger charge is -2.36. The molecular formula is C16H20N2O2. The van der Waals surface area contributed by atoms with Gasteiger partial charge in [0.1, 0.15) is 0 Å². The van der Waals surface area contributed by atoms with Gasteiger partial charge in [0.25, 0.3) is 5.91 Å². The van der Waals surface area contributed by atoms with E-state index in [9.17, 15) is 4.79 Å². The van der Waals surface area contributed by atoms with E-state index >= 15 is 0 Å². The van der Waals surface area contributed by atoms with E-state index in [4.69, 9.17) is 4.74 Å². The number of rotatable bonds is 2. The van der Waals surface area contributed by atoms with Gasteiger partial charge in [-0.25, -0.2) is 0 Å². The first kappa shape index (κ1) is 13.2. The summed E-state index contributed by atoms with van der Waals surface area (Å²) in [5.41, 5.74) is 1.74. The van der Waals surface area contributed by atoms with Gasteiger partial charge >= 0.3 is 0 Å². The summed E-state index contributed by atoms with van der Waals surface area (Å²) in [6.45, 7) is 3.67. The second-order valence-electron chi connectivity index (χ2n) is 5.57. The maximum Gasteiger partial charge on any atom is 0.254 e. The van der Waals surface area contributed by atoms with Gasteiger partial charge in [-0.1, -0.05) is 13.0 Å². The van der Waals surface area contributed by atoms with Gasteiger partial charge in [0.15, 0.2) is 0 Å². The minimum Gasteiger partial charge on any atom is -0.379 e. The van der Waals surface area contributed by atoms with Crippen molar-refractivity contribution in [1.29, 1.82) is 0 Å². The number of nitrogens with zero attached hydrogens (tertiary/aromatic N) is 1. The molecule has 1 aromatic carbocycles. The Morgan fingerprint density at radius 3 is 3.05 bits per heavy atom. The molecule has 0 bridgehead atoms. The number of aromatic nitrogens is 1. The molecule has 1 fully saturated rings. The quantitative estimate of drug-likeness (QED) is 0.913. The molecule has 2 aromatic rings. The zero-order valence-electron chi connectivity index (χ0n) is 11.9. The molecule has 0 saturated carbocycles. The van der Waals surface area contributed by atoms with Crippen molar-refractivity contribution in [3.8, 4) is 0 Å². The number of ether oxygens (including phenoxy) is 1. The molecule has 106 valence electrons. The molecule has 1 aliphatic rings. The van der Waals surface area contributed by atoms with Crippen LogP contribution in [0, 0.1) is 5.92 Å². The number of hydrogen-bond donors (Lipinski definition) is 1. The first-order valence-corrected chi connectivity index (χ1v) is 7.08. The molecule has 1 saturated heterocycles. The maximum absolute atomic E-state index is 12.6. The van der Waals surface area contributed by atoms with E-state index in [0.717, 1.165) is 29.4 Å². The van der Waals surface area contributed by atoms with E-state index in [2.05, 4.69) is 11.9 Å². The predicted molar refractivity (Wildman–Crippen MR) is 78.8 cm³/mol. The van der Waals surface area contributed by atoms with Crippen LogP contribution in [0.1, 0.15) is 23.7 Å². The molecular weight excluding hydrogens is 252 g/mol. The second kappa shape index (κ2) is 5.29. The number of amides is 1. The Bertz CT molecular complexity index is 620. The third-order valence-electron chi connectivity index (χ3n) is 4.28. The van der Waals surface area contributed by atoms with Crippen molar-refractivity contribution in [3.63, 3.8) is 0 Å².